The molecule has 0 saturated heterocycles. The smallest absolute Gasteiger partial charge is 0.257 e. The minimum atomic E-state index is -3.32. The van der Waals surface area contributed by atoms with Gasteiger partial charge in [-0.05, 0) is 30.3 Å². The highest BCUT2D eigenvalue weighted by atomic mass is 35.5. The Bertz CT molecular complexity index is 1110. The molecule has 27 heavy (non-hydrogen) atoms. The number of carbonyl (C=O) groups is 1. The Labute approximate surface area is 170 Å². The Morgan fingerprint density at radius 2 is 2.04 bits per heavy atom. The van der Waals surface area contributed by atoms with E-state index in [-0.39, 0.29) is 32.6 Å². The molecule has 3 rings (SSSR count). The molecule has 142 valence electrons. The standard InChI is InChI=1S/C17H14Cl2N2O4S2/c1-2-27(23,24)10-6-7-14-13(8-10)21-17(25-14)26-9-15(22)20-12-5-3-4-11(18)16(12)19/h3-8H,2,9H2,1H3,(H,20,22). The highest BCUT2D eigenvalue weighted by Gasteiger charge is 2.16. The molecule has 0 spiro atoms. The molecule has 1 N–H and O–H groups in total. The minimum absolute atomic E-state index is 0.00417. The average molecular weight is 445 g/mol. The summed E-state index contributed by atoms with van der Waals surface area (Å²) in [5, 5.41) is 3.55. The van der Waals surface area contributed by atoms with Crippen LogP contribution in [0.5, 0.6) is 0 Å². The van der Waals surface area contributed by atoms with Crippen LogP contribution in [0.1, 0.15) is 6.92 Å². The maximum Gasteiger partial charge on any atom is 0.257 e. The zero-order chi connectivity index (χ0) is 19.6. The third-order valence-electron chi connectivity index (χ3n) is 3.63. The molecule has 0 bridgehead atoms. The van der Waals surface area contributed by atoms with Gasteiger partial charge in [-0.1, -0.05) is 48.0 Å². The Kier molecular flexibility index (Phi) is 6.00. The quantitative estimate of drug-likeness (QED) is 0.556. The van der Waals surface area contributed by atoms with Crippen molar-refractivity contribution in [2.75, 3.05) is 16.8 Å². The van der Waals surface area contributed by atoms with Crippen LogP contribution in [0.15, 0.2) is 50.9 Å². The predicted molar refractivity (Wildman–Crippen MR) is 108 cm³/mol. The van der Waals surface area contributed by atoms with Crippen LogP contribution in [-0.4, -0.2) is 30.8 Å². The molecule has 10 heteroatoms. The van der Waals surface area contributed by atoms with Crippen LogP contribution < -0.4 is 5.32 Å². The fourth-order valence-electron chi connectivity index (χ4n) is 2.22. The normalized spacial score (nSPS) is 11.7. The second-order valence-corrected chi connectivity index (χ2v) is 9.44. The van der Waals surface area contributed by atoms with Crippen LogP contribution in [0.3, 0.4) is 0 Å². The number of sulfone groups is 1. The van der Waals surface area contributed by atoms with Gasteiger partial charge in [0.1, 0.15) is 5.52 Å². The first kappa shape index (κ1) is 20.0. The van der Waals surface area contributed by atoms with Crippen molar-refractivity contribution in [2.24, 2.45) is 0 Å². The van der Waals surface area contributed by atoms with Crippen LogP contribution in [0.25, 0.3) is 11.1 Å². The van der Waals surface area contributed by atoms with E-state index in [1.165, 1.54) is 12.1 Å². The van der Waals surface area contributed by atoms with Crippen molar-refractivity contribution in [3.63, 3.8) is 0 Å². The molecule has 1 aromatic heterocycles. The van der Waals surface area contributed by atoms with Crippen LogP contribution in [0.2, 0.25) is 10.0 Å². The number of hydrogen-bond acceptors (Lipinski definition) is 6. The van der Waals surface area contributed by atoms with Gasteiger partial charge >= 0.3 is 0 Å². The van der Waals surface area contributed by atoms with Gasteiger partial charge in [-0.3, -0.25) is 4.79 Å². The molecular weight excluding hydrogens is 431 g/mol. The van der Waals surface area contributed by atoms with E-state index in [4.69, 9.17) is 27.6 Å². The number of rotatable bonds is 6. The molecule has 0 saturated carbocycles. The van der Waals surface area contributed by atoms with Crippen molar-refractivity contribution in [1.82, 2.24) is 4.98 Å². The first-order valence-corrected chi connectivity index (χ1v) is 11.2. The number of halogens is 2. The van der Waals surface area contributed by atoms with Gasteiger partial charge in [0.05, 0.1) is 32.1 Å². The third kappa shape index (κ3) is 4.57. The number of fused-ring (bicyclic) bond motifs is 1. The molecule has 1 heterocycles. The highest BCUT2D eigenvalue weighted by molar-refractivity contribution is 7.99. The number of aromatic nitrogens is 1. The monoisotopic (exact) mass is 444 g/mol. The number of thioether (sulfide) groups is 1. The molecule has 0 atom stereocenters. The predicted octanol–water partition coefficient (Wildman–Crippen LogP) is 4.66. The number of hydrogen-bond donors (Lipinski definition) is 1. The van der Waals surface area contributed by atoms with Gasteiger partial charge in [0, 0.05) is 0 Å². The molecule has 2 aromatic carbocycles. The Morgan fingerprint density at radius 3 is 2.78 bits per heavy atom. The fourth-order valence-corrected chi connectivity index (χ4v) is 4.11. The fraction of sp³-hybridized carbons (Fsp3) is 0.176. The van der Waals surface area contributed by atoms with Gasteiger partial charge in [0.2, 0.25) is 5.91 Å². The van der Waals surface area contributed by atoms with Crippen LogP contribution in [0.4, 0.5) is 5.69 Å². The maximum absolute atomic E-state index is 12.1. The molecule has 0 unspecified atom stereocenters. The van der Waals surface area contributed by atoms with Gasteiger partial charge in [-0.2, -0.15) is 0 Å². The van der Waals surface area contributed by atoms with Crippen molar-refractivity contribution < 1.29 is 17.6 Å². The van der Waals surface area contributed by atoms with Gasteiger partial charge in [-0.25, -0.2) is 13.4 Å². The summed E-state index contributed by atoms with van der Waals surface area (Å²) in [5.41, 5.74) is 1.29. The lowest BCUT2D eigenvalue weighted by molar-refractivity contribution is -0.113. The topological polar surface area (TPSA) is 89.3 Å². The van der Waals surface area contributed by atoms with E-state index in [1.807, 2.05) is 0 Å². The largest absolute Gasteiger partial charge is 0.431 e. The van der Waals surface area contributed by atoms with Crippen LogP contribution in [0, 0.1) is 0 Å². The number of carbonyl (C=O) groups excluding carboxylic acids is 1. The lowest BCUT2D eigenvalue weighted by Crippen LogP contribution is -2.14. The third-order valence-corrected chi connectivity index (χ3v) is 7.01. The van der Waals surface area contributed by atoms with E-state index in [9.17, 15) is 13.2 Å². The summed E-state index contributed by atoms with van der Waals surface area (Å²) in [4.78, 5) is 16.5. The van der Waals surface area contributed by atoms with Crippen molar-refractivity contribution in [2.45, 2.75) is 17.0 Å². The Balaban J connectivity index is 1.70. The van der Waals surface area contributed by atoms with Crippen molar-refractivity contribution >= 4 is 67.5 Å². The van der Waals surface area contributed by atoms with E-state index < -0.39 is 9.84 Å². The molecule has 0 radical (unpaired) electrons. The summed E-state index contributed by atoms with van der Waals surface area (Å²) in [6.07, 6.45) is 0. The summed E-state index contributed by atoms with van der Waals surface area (Å²) >= 11 is 13.0. The molecule has 0 fully saturated rings. The zero-order valence-corrected chi connectivity index (χ0v) is 17.2. The molecule has 0 aliphatic heterocycles. The minimum Gasteiger partial charge on any atom is -0.431 e. The van der Waals surface area contributed by atoms with Gasteiger partial charge in [-0.15, -0.1) is 0 Å². The highest BCUT2D eigenvalue weighted by Crippen LogP contribution is 2.30. The van der Waals surface area contributed by atoms with E-state index in [2.05, 4.69) is 10.3 Å². The lowest BCUT2D eigenvalue weighted by Gasteiger charge is -2.07. The second kappa shape index (κ2) is 8.10. The van der Waals surface area contributed by atoms with Gasteiger partial charge < -0.3 is 9.73 Å². The maximum atomic E-state index is 12.1. The molecular formula is C17H14Cl2N2O4S2. The van der Waals surface area contributed by atoms with Crippen LogP contribution in [-0.2, 0) is 14.6 Å². The summed E-state index contributed by atoms with van der Waals surface area (Å²) in [7, 11) is -3.32. The first-order chi connectivity index (χ1) is 12.8. The van der Waals surface area contributed by atoms with E-state index >= 15 is 0 Å². The molecule has 6 nitrogen and oxygen atoms in total. The SMILES string of the molecule is CCS(=O)(=O)c1ccc2oc(SCC(=O)Nc3cccc(Cl)c3Cl)nc2c1. The summed E-state index contributed by atoms with van der Waals surface area (Å²) < 4.78 is 29.5. The summed E-state index contributed by atoms with van der Waals surface area (Å²) in [6, 6.07) is 9.45. The molecule has 0 aliphatic carbocycles. The Hall–Kier alpha value is -1.74. The van der Waals surface area contributed by atoms with Crippen molar-refractivity contribution in [3.05, 3.63) is 46.4 Å². The van der Waals surface area contributed by atoms with Gasteiger partial charge in [0.25, 0.3) is 5.22 Å². The number of nitrogens with one attached hydrogen (secondary N) is 1. The van der Waals surface area contributed by atoms with Crippen LogP contribution >= 0.6 is 35.0 Å². The lowest BCUT2D eigenvalue weighted by atomic mass is 10.3. The molecule has 3 aromatic rings. The second-order valence-electron chi connectivity index (χ2n) is 5.45. The summed E-state index contributed by atoms with van der Waals surface area (Å²) in [6.45, 7) is 1.58. The molecule has 1 amide bonds. The molecule has 0 aliphatic rings. The Morgan fingerprint density at radius 1 is 1.26 bits per heavy atom. The summed E-state index contributed by atoms with van der Waals surface area (Å²) in [5.74, 6) is -0.263. The number of nitrogens with zero attached hydrogens (tertiary/aromatic N) is 1. The van der Waals surface area contributed by atoms with Crippen molar-refractivity contribution in [3.8, 4) is 0 Å². The van der Waals surface area contributed by atoms with Crippen molar-refractivity contribution in [1.29, 1.82) is 0 Å². The number of anilines is 1. The number of amides is 1. The van der Waals surface area contributed by atoms with E-state index in [1.54, 1.807) is 31.2 Å². The average Bonchev–Trinajstić information content (AvgIpc) is 3.06. The number of oxazole rings is 1. The zero-order valence-electron chi connectivity index (χ0n) is 14.0. The number of benzene rings is 2. The van der Waals surface area contributed by atoms with Gasteiger partial charge in [0.15, 0.2) is 15.4 Å². The first-order valence-electron chi connectivity index (χ1n) is 7.80. The van der Waals surface area contributed by atoms with E-state index in [0.29, 0.717) is 21.8 Å². The van der Waals surface area contributed by atoms with E-state index in [0.717, 1.165) is 11.8 Å².